The molecule has 130 valence electrons. The minimum atomic E-state index is 0.0301. The third-order valence-corrected chi connectivity index (χ3v) is 5.55. The summed E-state index contributed by atoms with van der Waals surface area (Å²) in [5.74, 6) is 0. The number of nitrogens with zero attached hydrogens (tertiary/aromatic N) is 4. The van der Waals surface area contributed by atoms with Gasteiger partial charge in [0.1, 0.15) is 0 Å². The van der Waals surface area contributed by atoms with Crippen LogP contribution in [0.5, 0.6) is 0 Å². The van der Waals surface area contributed by atoms with E-state index in [0.717, 1.165) is 48.6 Å². The number of aromatic nitrogens is 3. The zero-order valence-electron chi connectivity index (χ0n) is 14.6. The molecule has 3 rings (SSSR count). The molecule has 2 amide bonds. The molecule has 0 radical (unpaired) electrons. The monoisotopic (exact) mass is 347 g/mol. The number of amides is 2. The van der Waals surface area contributed by atoms with Crippen LogP contribution in [0.1, 0.15) is 40.0 Å². The highest BCUT2D eigenvalue weighted by Gasteiger charge is 2.25. The summed E-state index contributed by atoms with van der Waals surface area (Å²) in [4.78, 5) is 20.0. The zero-order chi connectivity index (χ0) is 17.1. The van der Waals surface area contributed by atoms with Crippen LogP contribution in [0.3, 0.4) is 0 Å². The number of piperidine rings is 1. The van der Waals surface area contributed by atoms with Crippen LogP contribution in [0, 0.1) is 20.8 Å². The van der Waals surface area contributed by atoms with Gasteiger partial charge < -0.3 is 10.2 Å². The number of urea groups is 1. The first-order valence-electron chi connectivity index (χ1n) is 8.49. The first-order valence-corrected chi connectivity index (χ1v) is 9.31. The van der Waals surface area contributed by atoms with Crippen molar-refractivity contribution in [2.75, 3.05) is 19.6 Å². The second-order valence-corrected chi connectivity index (χ2v) is 7.75. The molecule has 7 heteroatoms. The summed E-state index contributed by atoms with van der Waals surface area (Å²) >= 11 is 1.71. The topological polar surface area (TPSA) is 63.1 Å². The van der Waals surface area contributed by atoms with Gasteiger partial charge in [-0.1, -0.05) is 0 Å². The molecule has 1 aliphatic rings. The van der Waals surface area contributed by atoms with E-state index in [0.29, 0.717) is 6.54 Å². The maximum atomic E-state index is 12.4. The van der Waals surface area contributed by atoms with Gasteiger partial charge in [-0.2, -0.15) is 5.10 Å². The molecule has 2 aromatic heterocycles. The van der Waals surface area contributed by atoms with Crippen molar-refractivity contribution in [3.63, 3.8) is 0 Å². The SMILES string of the molecule is Cc1cnn([C@H]2CCCN(C(=O)NCCc3sc(C)nc3C)C2)c1. The summed E-state index contributed by atoms with van der Waals surface area (Å²) in [5, 5.41) is 8.54. The Morgan fingerprint density at radius 3 is 2.92 bits per heavy atom. The van der Waals surface area contributed by atoms with Crippen molar-refractivity contribution >= 4 is 17.4 Å². The van der Waals surface area contributed by atoms with Crippen molar-refractivity contribution < 1.29 is 4.79 Å². The van der Waals surface area contributed by atoms with Crippen molar-refractivity contribution in [1.29, 1.82) is 0 Å². The van der Waals surface area contributed by atoms with E-state index in [1.807, 2.05) is 36.5 Å². The molecular formula is C17H25N5OS. The summed E-state index contributed by atoms with van der Waals surface area (Å²) in [6, 6.07) is 0.312. The molecule has 1 fully saturated rings. The highest BCUT2D eigenvalue weighted by molar-refractivity contribution is 7.11. The van der Waals surface area contributed by atoms with Gasteiger partial charge in [0.05, 0.1) is 22.9 Å². The van der Waals surface area contributed by atoms with E-state index in [1.54, 1.807) is 11.3 Å². The first-order chi connectivity index (χ1) is 11.5. The number of hydrogen-bond acceptors (Lipinski definition) is 4. The Balaban J connectivity index is 1.50. The molecule has 6 nitrogen and oxygen atoms in total. The third-order valence-electron chi connectivity index (χ3n) is 4.42. The van der Waals surface area contributed by atoms with Crippen LogP contribution in [-0.2, 0) is 6.42 Å². The van der Waals surface area contributed by atoms with E-state index in [9.17, 15) is 4.79 Å². The predicted molar refractivity (Wildman–Crippen MR) is 95.5 cm³/mol. The van der Waals surface area contributed by atoms with Crippen LogP contribution < -0.4 is 5.32 Å². The minimum Gasteiger partial charge on any atom is -0.338 e. The Kier molecular flexibility index (Phi) is 5.18. The highest BCUT2D eigenvalue weighted by atomic mass is 32.1. The van der Waals surface area contributed by atoms with E-state index in [4.69, 9.17) is 0 Å². The Morgan fingerprint density at radius 1 is 1.42 bits per heavy atom. The van der Waals surface area contributed by atoms with E-state index < -0.39 is 0 Å². The highest BCUT2D eigenvalue weighted by Crippen LogP contribution is 2.21. The molecule has 3 heterocycles. The number of nitrogens with one attached hydrogen (secondary N) is 1. The van der Waals surface area contributed by atoms with Gasteiger partial charge >= 0.3 is 6.03 Å². The summed E-state index contributed by atoms with van der Waals surface area (Å²) in [6.45, 7) is 8.29. The molecule has 0 aromatic carbocycles. The average Bonchev–Trinajstić information content (AvgIpc) is 3.13. The summed E-state index contributed by atoms with van der Waals surface area (Å²) in [7, 11) is 0. The molecule has 0 saturated carbocycles. The third kappa shape index (κ3) is 3.95. The Hall–Kier alpha value is -1.89. The van der Waals surface area contributed by atoms with Gasteiger partial charge in [-0.3, -0.25) is 4.68 Å². The van der Waals surface area contributed by atoms with E-state index in [-0.39, 0.29) is 12.1 Å². The lowest BCUT2D eigenvalue weighted by molar-refractivity contribution is 0.163. The van der Waals surface area contributed by atoms with Crippen molar-refractivity contribution in [1.82, 2.24) is 25.0 Å². The zero-order valence-corrected chi connectivity index (χ0v) is 15.4. The number of carbonyl (C=O) groups is 1. The number of hydrogen-bond donors (Lipinski definition) is 1. The molecule has 1 saturated heterocycles. The largest absolute Gasteiger partial charge is 0.338 e. The van der Waals surface area contributed by atoms with Crippen LogP contribution in [0.25, 0.3) is 0 Å². The first kappa shape index (κ1) is 17.0. The van der Waals surface area contributed by atoms with Gasteiger partial charge in [0.2, 0.25) is 0 Å². The second-order valence-electron chi connectivity index (χ2n) is 6.46. The summed E-state index contributed by atoms with van der Waals surface area (Å²) < 4.78 is 2.00. The van der Waals surface area contributed by atoms with Crippen LogP contribution in [0.2, 0.25) is 0 Å². The van der Waals surface area contributed by atoms with Crippen LogP contribution in [-0.4, -0.2) is 45.3 Å². The van der Waals surface area contributed by atoms with Crippen LogP contribution in [0.15, 0.2) is 12.4 Å². The molecule has 0 unspecified atom stereocenters. The number of rotatable bonds is 4. The smallest absolute Gasteiger partial charge is 0.317 e. The van der Waals surface area contributed by atoms with E-state index in [2.05, 4.69) is 21.6 Å². The molecule has 24 heavy (non-hydrogen) atoms. The number of likely N-dealkylation sites (tertiary alicyclic amines) is 1. The number of carbonyl (C=O) groups excluding carboxylic acids is 1. The fraction of sp³-hybridized carbons (Fsp3) is 0.588. The van der Waals surface area contributed by atoms with Crippen LogP contribution >= 0.6 is 11.3 Å². The standard InChI is InChI=1S/C17H25N5OS/c1-12-9-19-22(10-12)15-5-4-8-21(11-15)17(23)18-7-6-16-13(2)20-14(3)24-16/h9-10,15H,4-8,11H2,1-3H3,(H,18,23)/t15-/m0/s1. The Bertz CT molecular complexity index is 708. The van der Waals surface area contributed by atoms with Crippen molar-refractivity contribution in [2.24, 2.45) is 0 Å². The van der Waals surface area contributed by atoms with E-state index >= 15 is 0 Å². The quantitative estimate of drug-likeness (QED) is 0.925. The maximum absolute atomic E-state index is 12.4. The lowest BCUT2D eigenvalue weighted by atomic mass is 10.1. The second kappa shape index (κ2) is 7.34. The lowest BCUT2D eigenvalue weighted by Gasteiger charge is -2.32. The Labute approximate surface area is 146 Å². The fourth-order valence-electron chi connectivity index (χ4n) is 3.19. The molecule has 1 aliphatic heterocycles. The van der Waals surface area contributed by atoms with Gasteiger partial charge in [0, 0.05) is 37.1 Å². The van der Waals surface area contributed by atoms with Gasteiger partial charge in [-0.05, 0) is 39.2 Å². The summed E-state index contributed by atoms with van der Waals surface area (Å²) in [5.41, 5.74) is 2.24. The number of thiazole rings is 1. The maximum Gasteiger partial charge on any atom is 0.317 e. The minimum absolute atomic E-state index is 0.0301. The van der Waals surface area contributed by atoms with Crippen molar-refractivity contribution in [2.45, 2.75) is 46.1 Å². The van der Waals surface area contributed by atoms with Crippen molar-refractivity contribution in [3.8, 4) is 0 Å². The molecule has 2 aromatic rings. The normalized spacial score (nSPS) is 18.0. The molecule has 0 bridgehead atoms. The molecule has 1 atom stereocenters. The molecule has 1 N–H and O–H groups in total. The predicted octanol–water partition coefficient (Wildman–Crippen LogP) is 2.85. The molecular weight excluding hydrogens is 322 g/mol. The lowest BCUT2D eigenvalue weighted by Crippen LogP contribution is -2.46. The molecule has 0 aliphatic carbocycles. The van der Waals surface area contributed by atoms with Crippen molar-refractivity contribution in [3.05, 3.63) is 33.5 Å². The average molecular weight is 347 g/mol. The van der Waals surface area contributed by atoms with Crippen LogP contribution in [0.4, 0.5) is 4.79 Å². The molecule has 0 spiro atoms. The number of aryl methyl sites for hydroxylation is 3. The fourth-order valence-corrected chi connectivity index (χ4v) is 4.12. The van der Waals surface area contributed by atoms with E-state index in [1.165, 1.54) is 4.88 Å². The summed E-state index contributed by atoms with van der Waals surface area (Å²) in [6.07, 6.45) is 6.87. The Morgan fingerprint density at radius 2 is 2.25 bits per heavy atom. The van der Waals surface area contributed by atoms with Gasteiger partial charge in [-0.15, -0.1) is 11.3 Å². The van der Waals surface area contributed by atoms with Gasteiger partial charge in [0.15, 0.2) is 0 Å². The van der Waals surface area contributed by atoms with Gasteiger partial charge in [0.25, 0.3) is 0 Å². The van der Waals surface area contributed by atoms with Gasteiger partial charge in [-0.25, -0.2) is 9.78 Å².